The number of methoxy groups -OCH3 is 2. The fraction of sp³-hybridized carbons (Fsp3) is 0.857. The van der Waals surface area contributed by atoms with Gasteiger partial charge in [0.15, 0.2) is 0 Å². The third-order valence-electron chi connectivity index (χ3n) is 1.70. The zero-order valence-corrected chi connectivity index (χ0v) is 6.70. The smallest absolute Gasteiger partial charge is 0.315 e. The Labute approximate surface area is 65.4 Å². The molecule has 1 fully saturated rings. The van der Waals surface area contributed by atoms with Gasteiger partial charge >= 0.3 is 5.97 Å². The minimum absolute atomic E-state index is 0.104. The first-order valence-electron chi connectivity index (χ1n) is 3.48. The molecule has 4 heteroatoms. The van der Waals surface area contributed by atoms with E-state index in [2.05, 4.69) is 0 Å². The summed E-state index contributed by atoms with van der Waals surface area (Å²) in [5, 5.41) is 0. The van der Waals surface area contributed by atoms with Gasteiger partial charge in [-0.1, -0.05) is 0 Å². The normalized spacial score (nSPS) is 29.5. The highest BCUT2D eigenvalue weighted by Crippen LogP contribution is 2.22. The molecule has 0 aromatic rings. The number of carbonyl (C=O) groups is 1. The minimum Gasteiger partial charge on any atom is -0.459 e. The van der Waals surface area contributed by atoms with Gasteiger partial charge in [0.1, 0.15) is 12.0 Å². The van der Waals surface area contributed by atoms with E-state index in [9.17, 15) is 4.79 Å². The standard InChI is InChI=1S/C7H12O4/c1-9-3-5-6(4-10-2)11-7(5)8/h5-6H,3-4H2,1-2H3/t5-,6+/m0/s1. The van der Waals surface area contributed by atoms with Crippen LogP contribution in [0.3, 0.4) is 0 Å². The molecule has 0 radical (unpaired) electrons. The highest BCUT2D eigenvalue weighted by atomic mass is 16.6. The molecule has 0 bridgehead atoms. The predicted octanol–water partition coefficient (Wildman–Crippen LogP) is -0.179. The Morgan fingerprint density at radius 2 is 2.00 bits per heavy atom. The van der Waals surface area contributed by atoms with Crippen LogP contribution in [-0.4, -0.2) is 39.5 Å². The fourth-order valence-corrected chi connectivity index (χ4v) is 1.07. The van der Waals surface area contributed by atoms with Gasteiger partial charge in [-0.05, 0) is 0 Å². The number of rotatable bonds is 4. The molecule has 1 rings (SSSR count). The van der Waals surface area contributed by atoms with Crippen LogP contribution in [0.4, 0.5) is 0 Å². The van der Waals surface area contributed by atoms with Gasteiger partial charge in [-0.15, -0.1) is 0 Å². The van der Waals surface area contributed by atoms with Gasteiger partial charge in [0.25, 0.3) is 0 Å². The maximum absolute atomic E-state index is 10.7. The lowest BCUT2D eigenvalue weighted by Gasteiger charge is -2.33. The lowest BCUT2D eigenvalue weighted by molar-refractivity contribution is -0.195. The molecule has 1 aliphatic heterocycles. The fourth-order valence-electron chi connectivity index (χ4n) is 1.07. The molecule has 0 saturated carbocycles. The van der Waals surface area contributed by atoms with Gasteiger partial charge in [0.05, 0.1) is 13.2 Å². The Hall–Kier alpha value is -0.610. The summed E-state index contributed by atoms with van der Waals surface area (Å²) < 4.78 is 14.5. The lowest BCUT2D eigenvalue weighted by atomic mass is 9.99. The number of hydrogen-bond donors (Lipinski definition) is 0. The molecule has 11 heavy (non-hydrogen) atoms. The topological polar surface area (TPSA) is 44.8 Å². The minimum atomic E-state index is -0.186. The van der Waals surface area contributed by atoms with Crippen molar-refractivity contribution >= 4 is 5.97 Å². The number of esters is 1. The van der Waals surface area contributed by atoms with E-state index in [1.54, 1.807) is 14.2 Å². The highest BCUT2D eigenvalue weighted by Gasteiger charge is 2.42. The molecule has 0 unspecified atom stereocenters. The van der Waals surface area contributed by atoms with Crippen molar-refractivity contribution in [2.45, 2.75) is 6.10 Å². The number of hydrogen-bond acceptors (Lipinski definition) is 4. The monoisotopic (exact) mass is 160 g/mol. The van der Waals surface area contributed by atoms with E-state index in [0.717, 1.165) is 0 Å². The molecule has 64 valence electrons. The van der Waals surface area contributed by atoms with Crippen LogP contribution >= 0.6 is 0 Å². The van der Waals surface area contributed by atoms with Crippen molar-refractivity contribution in [2.24, 2.45) is 5.92 Å². The summed E-state index contributed by atoms with van der Waals surface area (Å²) in [6, 6.07) is 0. The van der Waals surface area contributed by atoms with Crippen LogP contribution in [0, 0.1) is 5.92 Å². The summed E-state index contributed by atoms with van der Waals surface area (Å²) >= 11 is 0. The molecule has 1 heterocycles. The Bertz CT molecular complexity index is 145. The van der Waals surface area contributed by atoms with Gasteiger partial charge in [-0.3, -0.25) is 4.79 Å². The average molecular weight is 160 g/mol. The first kappa shape index (κ1) is 8.49. The van der Waals surface area contributed by atoms with E-state index in [1.165, 1.54) is 0 Å². The summed E-state index contributed by atoms with van der Waals surface area (Å²) in [6.07, 6.45) is -0.104. The third kappa shape index (κ3) is 1.70. The van der Waals surface area contributed by atoms with Crippen LogP contribution in [0.15, 0.2) is 0 Å². The molecule has 1 aliphatic rings. The van der Waals surface area contributed by atoms with Crippen LogP contribution in [0.2, 0.25) is 0 Å². The SMILES string of the molecule is COC[C@@H]1C(=O)O[C@@H]1COC. The molecule has 2 atom stereocenters. The second-order valence-electron chi connectivity index (χ2n) is 2.49. The Kier molecular flexibility index (Phi) is 2.84. The van der Waals surface area contributed by atoms with E-state index in [1.807, 2.05) is 0 Å². The maximum atomic E-state index is 10.7. The van der Waals surface area contributed by atoms with Gasteiger partial charge < -0.3 is 14.2 Å². The van der Waals surface area contributed by atoms with E-state index in [-0.39, 0.29) is 18.0 Å². The first-order valence-corrected chi connectivity index (χ1v) is 3.48. The van der Waals surface area contributed by atoms with Crippen molar-refractivity contribution < 1.29 is 19.0 Å². The largest absolute Gasteiger partial charge is 0.459 e. The number of carbonyl (C=O) groups excluding carboxylic acids is 1. The molecular formula is C7H12O4. The van der Waals surface area contributed by atoms with Crippen molar-refractivity contribution in [1.29, 1.82) is 0 Å². The van der Waals surface area contributed by atoms with E-state index >= 15 is 0 Å². The van der Waals surface area contributed by atoms with Crippen LogP contribution in [-0.2, 0) is 19.0 Å². The highest BCUT2D eigenvalue weighted by molar-refractivity contribution is 5.78. The summed E-state index contributed by atoms with van der Waals surface area (Å²) in [6.45, 7) is 0.882. The van der Waals surface area contributed by atoms with E-state index in [4.69, 9.17) is 14.2 Å². The van der Waals surface area contributed by atoms with Crippen molar-refractivity contribution in [2.75, 3.05) is 27.4 Å². The molecule has 0 spiro atoms. The van der Waals surface area contributed by atoms with Gasteiger partial charge in [-0.25, -0.2) is 0 Å². The van der Waals surface area contributed by atoms with Gasteiger partial charge in [-0.2, -0.15) is 0 Å². The number of cyclic esters (lactones) is 1. The van der Waals surface area contributed by atoms with Crippen molar-refractivity contribution in [3.05, 3.63) is 0 Å². The first-order chi connectivity index (χ1) is 5.29. The van der Waals surface area contributed by atoms with Crippen molar-refractivity contribution in [3.63, 3.8) is 0 Å². The molecule has 0 amide bonds. The number of ether oxygens (including phenoxy) is 3. The van der Waals surface area contributed by atoms with Crippen LogP contribution in [0.25, 0.3) is 0 Å². The summed E-state index contributed by atoms with van der Waals surface area (Å²) in [4.78, 5) is 10.7. The summed E-state index contributed by atoms with van der Waals surface area (Å²) in [5.74, 6) is -0.311. The second-order valence-corrected chi connectivity index (χ2v) is 2.49. The average Bonchev–Trinajstić information content (AvgIpc) is 2.00. The Morgan fingerprint density at radius 1 is 1.36 bits per heavy atom. The molecule has 0 aromatic carbocycles. The maximum Gasteiger partial charge on any atom is 0.315 e. The Balaban J connectivity index is 2.29. The molecule has 0 aromatic heterocycles. The predicted molar refractivity (Wildman–Crippen MR) is 37.1 cm³/mol. The second kappa shape index (κ2) is 3.69. The molecule has 4 nitrogen and oxygen atoms in total. The van der Waals surface area contributed by atoms with Gasteiger partial charge in [0, 0.05) is 14.2 Å². The summed E-state index contributed by atoms with van der Waals surface area (Å²) in [7, 11) is 3.14. The molecular weight excluding hydrogens is 148 g/mol. The van der Waals surface area contributed by atoms with Crippen LogP contribution < -0.4 is 0 Å². The Morgan fingerprint density at radius 3 is 2.45 bits per heavy atom. The molecule has 0 aliphatic carbocycles. The third-order valence-corrected chi connectivity index (χ3v) is 1.70. The van der Waals surface area contributed by atoms with Crippen molar-refractivity contribution in [1.82, 2.24) is 0 Å². The summed E-state index contributed by atoms with van der Waals surface area (Å²) in [5.41, 5.74) is 0. The lowest BCUT2D eigenvalue weighted by Crippen LogP contribution is -2.49. The quantitative estimate of drug-likeness (QED) is 0.535. The van der Waals surface area contributed by atoms with Crippen LogP contribution in [0.1, 0.15) is 0 Å². The van der Waals surface area contributed by atoms with E-state index < -0.39 is 0 Å². The van der Waals surface area contributed by atoms with Gasteiger partial charge in [0.2, 0.25) is 0 Å². The van der Waals surface area contributed by atoms with Crippen LogP contribution in [0.5, 0.6) is 0 Å². The van der Waals surface area contributed by atoms with E-state index in [0.29, 0.717) is 13.2 Å². The van der Waals surface area contributed by atoms with Crippen molar-refractivity contribution in [3.8, 4) is 0 Å². The zero-order chi connectivity index (χ0) is 8.27. The zero-order valence-electron chi connectivity index (χ0n) is 6.70. The molecule has 0 N–H and O–H groups in total. The molecule has 1 saturated heterocycles.